The highest BCUT2D eigenvalue weighted by Crippen LogP contribution is 2.20. The highest BCUT2D eigenvalue weighted by Gasteiger charge is 2.03. The van der Waals surface area contributed by atoms with Gasteiger partial charge in [-0.3, -0.25) is 4.99 Å². The second kappa shape index (κ2) is 10.8. The van der Waals surface area contributed by atoms with E-state index in [1.54, 1.807) is 24.3 Å². The van der Waals surface area contributed by atoms with Gasteiger partial charge in [-0.2, -0.15) is 0 Å². The molecular weight excluding hydrogens is 306 g/mol. The van der Waals surface area contributed by atoms with Crippen LogP contribution in [0, 0.1) is 5.92 Å². The van der Waals surface area contributed by atoms with Crippen molar-refractivity contribution in [1.29, 1.82) is 0 Å². The number of ether oxygens (including phenoxy) is 1. The molecule has 2 nitrogen and oxygen atoms in total. The second-order valence-corrected chi connectivity index (χ2v) is 5.70. The zero-order valence-corrected chi connectivity index (χ0v) is 15.2. The predicted octanol–water partition coefficient (Wildman–Crippen LogP) is 6.22. The molecule has 25 heavy (non-hydrogen) atoms. The summed E-state index contributed by atoms with van der Waals surface area (Å²) in [7, 11) is 0. The molecule has 0 N–H and O–H groups in total. The minimum atomic E-state index is 0.366. The van der Waals surface area contributed by atoms with Gasteiger partial charge in [0.2, 0.25) is 0 Å². The molecule has 0 heterocycles. The molecule has 0 aromatic heterocycles. The average molecular weight is 333 g/mol. The highest BCUT2D eigenvalue weighted by molar-refractivity contribution is 5.38. The van der Waals surface area contributed by atoms with Gasteiger partial charge in [-0.05, 0) is 61.4 Å². The van der Waals surface area contributed by atoms with Crippen LogP contribution in [0.3, 0.4) is 0 Å². The molecule has 1 atom stereocenters. The molecule has 0 aliphatic rings. The summed E-state index contributed by atoms with van der Waals surface area (Å²) in [5, 5.41) is 0. The molecule has 0 amide bonds. The summed E-state index contributed by atoms with van der Waals surface area (Å²) in [6.45, 7) is 18.9. The smallest absolute Gasteiger partial charge is 0.127 e. The number of nitrogens with zero attached hydrogens (tertiary/aromatic N) is 1. The van der Waals surface area contributed by atoms with Crippen molar-refractivity contribution in [2.75, 3.05) is 0 Å². The van der Waals surface area contributed by atoms with Gasteiger partial charge in [0.15, 0.2) is 0 Å². The van der Waals surface area contributed by atoms with Crippen LogP contribution < -0.4 is 4.74 Å². The standard InChI is InChI=1S/C23H27NO/c1-7-11-22(9-3)25-23-13-10-12-20(17-23)16-18(4)14-15-21(8-2)19(5)24-6/h7-15,17-18H,1-3,6,16H2,4-5H3/b15-14+,21-19+,22-11+. The number of benzene rings is 1. The Kier molecular flexibility index (Phi) is 8.73. The molecule has 2 heteroatoms. The van der Waals surface area contributed by atoms with Crippen molar-refractivity contribution in [1.82, 2.24) is 0 Å². The van der Waals surface area contributed by atoms with Crippen LogP contribution in [0.2, 0.25) is 0 Å². The molecule has 0 saturated carbocycles. The average Bonchev–Trinajstić information content (AvgIpc) is 2.61. The Morgan fingerprint density at radius 3 is 2.60 bits per heavy atom. The summed E-state index contributed by atoms with van der Waals surface area (Å²) in [6.07, 6.45) is 12.0. The lowest BCUT2D eigenvalue weighted by atomic mass is 9.99. The lowest BCUT2D eigenvalue weighted by Gasteiger charge is -2.10. The van der Waals surface area contributed by atoms with Crippen LogP contribution in [0.25, 0.3) is 0 Å². The van der Waals surface area contributed by atoms with Crippen LogP contribution in [0.4, 0.5) is 0 Å². The summed E-state index contributed by atoms with van der Waals surface area (Å²) in [6, 6.07) is 8.08. The van der Waals surface area contributed by atoms with Crippen molar-refractivity contribution < 1.29 is 4.74 Å². The second-order valence-electron chi connectivity index (χ2n) is 5.70. The summed E-state index contributed by atoms with van der Waals surface area (Å²) >= 11 is 0. The quantitative estimate of drug-likeness (QED) is 0.283. The molecule has 0 aliphatic carbocycles. The highest BCUT2D eigenvalue weighted by atomic mass is 16.5. The number of rotatable bonds is 10. The third-order valence-electron chi connectivity index (χ3n) is 3.65. The maximum absolute atomic E-state index is 5.80. The topological polar surface area (TPSA) is 21.6 Å². The van der Waals surface area contributed by atoms with Crippen LogP contribution in [0.5, 0.6) is 5.75 Å². The Morgan fingerprint density at radius 1 is 1.24 bits per heavy atom. The van der Waals surface area contributed by atoms with Gasteiger partial charge in [0.25, 0.3) is 0 Å². The van der Waals surface area contributed by atoms with E-state index in [2.05, 4.69) is 50.5 Å². The first-order valence-corrected chi connectivity index (χ1v) is 8.24. The maximum Gasteiger partial charge on any atom is 0.127 e. The van der Waals surface area contributed by atoms with Crippen LogP contribution in [0.15, 0.2) is 102 Å². The van der Waals surface area contributed by atoms with Gasteiger partial charge in [0, 0.05) is 5.70 Å². The first-order chi connectivity index (χ1) is 12.0. The van der Waals surface area contributed by atoms with Gasteiger partial charge in [0.1, 0.15) is 11.5 Å². The molecule has 0 saturated heterocycles. The summed E-state index contributed by atoms with van der Waals surface area (Å²) in [5.41, 5.74) is 3.07. The van der Waals surface area contributed by atoms with Crippen LogP contribution in [-0.4, -0.2) is 6.72 Å². The predicted molar refractivity (Wildman–Crippen MR) is 110 cm³/mol. The van der Waals surface area contributed by atoms with Crippen molar-refractivity contribution in [2.24, 2.45) is 10.9 Å². The lowest BCUT2D eigenvalue weighted by molar-refractivity contribution is 0.444. The molecular formula is C23H27NO. The van der Waals surface area contributed by atoms with E-state index in [1.165, 1.54) is 5.56 Å². The molecule has 0 radical (unpaired) electrons. The molecule has 0 spiro atoms. The maximum atomic E-state index is 5.80. The Bertz CT molecular complexity index is 719. The molecule has 1 aromatic carbocycles. The largest absolute Gasteiger partial charge is 0.457 e. The fourth-order valence-electron chi connectivity index (χ4n) is 2.27. The van der Waals surface area contributed by atoms with Crippen molar-refractivity contribution in [3.63, 3.8) is 0 Å². The van der Waals surface area contributed by atoms with Crippen LogP contribution in [-0.2, 0) is 6.42 Å². The number of aliphatic imine (C=N–C) groups is 1. The first kappa shape index (κ1) is 20.2. The van der Waals surface area contributed by atoms with Crippen molar-refractivity contribution in [2.45, 2.75) is 20.3 Å². The fraction of sp³-hybridized carbons (Fsp3) is 0.174. The van der Waals surface area contributed by atoms with E-state index < -0.39 is 0 Å². The van der Waals surface area contributed by atoms with E-state index in [0.29, 0.717) is 11.7 Å². The molecule has 0 bridgehead atoms. The van der Waals surface area contributed by atoms with Crippen LogP contribution >= 0.6 is 0 Å². The van der Waals surface area contributed by atoms with E-state index in [-0.39, 0.29) is 0 Å². The third kappa shape index (κ3) is 7.05. The van der Waals surface area contributed by atoms with Crippen molar-refractivity contribution in [3.05, 3.63) is 103 Å². The van der Waals surface area contributed by atoms with Gasteiger partial charge in [-0.15, -0.1) is 0 Å². The Morgan fingerprint density at radius 2 is 2.00 bits per heavy atom. The third-order valence-corrected chi connectivity index (χ3v) is 3.65. The van der Waals surface area contributed by atoms with E-state index in [0.717, 1.165) is 23.4 Å². The first-order valence-electron chi connectivity index (χ1n) is 8.24. The molecule has 1 rings (SSSR count). The Hall–Kier alpha value is -2.87. The Labute approximate surface area is 152 Å². The number of allylic oxidation sites excluding steroid dienone is 8. The van der Waals surface area contributed by atoms with E-state index in [9.17, 15) is 0 Å². The van der Waals surface area contributed by atoms with E-state index >= 15 is 0 Å². The van der Waals surface area contributed by atoms with E-state index in [4.69, 9.17) is 4.74 Å². The SMILES string of the molecule is C=C/C=C(\C=C)Oc1cccc(CC(C)/C=C/C(C=C)=C(\C)N=C)c1. The van der Waals surface area contributed by atoms with Gasteiger partial charge < -0.3 is 4.74 Å². The molecule has 0 aliphatic heterocycles. The van der Waals surface area contributed by atoms with Crippen LogP contribution in [0.1, 0.15) is 19.4 Å². The number of hydrogen-bond donors (Lipinski definition) is 0. The molecule has 1 unspecified atom stereocenters. The minimum absolute atomic E-state index is 0.366. The molecule has 0 fully saturated rings. The van der Waals surface area contributed by atoms with Crippen molar-refractivity contribution >= 4 is 6.72 Å². The molecule has 1 aromatic rings. The van der Waals surface area contributed by atoms with Gasteiger partial charge in [0.05, 0.1) is 0 Å². The van der Waals surface area contributed by atoms with Gasteiger partial charge in [-0.25, -0.2) is 0 Å². The summed E-state index contributed by atoms with van der Waals surface area (Å²) in [5.74, 6) is 1.83. The van der Waals surface area contributed by atoms with E-state index in [1.807, 2.05) is 31.2 Å². The van der Waals surface area contributed by atoms with Gasteiger partial charge >= 0.3 is 0 Å². The van der Waals surface area contributed by atoms with Gasteiger partial charge in [-0.1, -0.05) is 63.1 Å². The number of hydrogen-bond acceptors (Lipinski definition) is 2. The lowest BCUT2D eigenvalue weighted by Crippen LogP contribution is -1.98. The normalized spacial score (nSPS) is 13.8. The minimum Gasteiger partial charge on any atom is -0.457 e. The fourth-order valence-corrected chi connectivity index (χ4v) is 2.27. The zero-order valence-electron chi connectivity index (χ0n) is 15.2. The summed E-state index contributed by atoms with van der Waals surface area (Å²) < 4.78 is 5.80. The molecule has 130 valence electrons. The van der Waals surface area contributed by atoms with Crippen molar-refractivity contribution in [3.8, 4) is 5.75 Å². The summed E-state index contributed by atoms with van der Waals surface area (Å²) in [4.78, 5) is 3.95. The zero-order chi connectivity index (χ0) is 18.7. The monoisotopic (exact) mass is 333 g/mol. The Balaban J connectivity index is 2.83.